The van der Waals surface area contributed by atoms with E-state index >= 15 is 0 Å². The van der Waals surface area contributed by atoms with Crippen LogP contribution in [-0.4, -0.2) is 23.4 Å². The zero-order valence-electron chi connectivity index (χ0n) is 10.3. The van der Waals surface area contributed by atoms with Crippen LogP contribution in [0.5, 0.6) is 11.5 Å². The number of phenols is 1. The monoisotopic (exact) mass is 242 g/mol. The fourth-order valence-corrected chi connectivity index (χ4v) is 1.53. The number of ether oxygens (including phenoxy) is 1. The van der Waals surface area contributed by atoms with E-state index in [1.807, 2.05) is 19.1 Å². The Morgan fingerprint density at radius 3 is 2.89 bits per heavy atom. The van der Waals surface area contributed by atoms with E-state index in [9.17, 15) is 5.11 Å². The number of aromatic hydroxyl groups is 1. The van der Waals surface area contributed by atoms with Crippen LogP contribution in [0.15, 0.2) is 41.5 Å². The Labute approximate surface area is 106 Å². The molecule has 0 fully saturated rings. The normalized spacial score (nSPS) is 10.8. The maximum absolute atomic E-state index is 9.88. The van der Waals surface area contributed by atoms with Gasteiger partial charge in [0.15, 0.2) is 17.3 Å². The number of aryl methyl sites for hydroxylation is 1. The minimum Gasteiger partial charge on any atom is -0.504 e. The summed E-state index contributed by atoms with van der Waals surface area (Å²) in [4.78, 5) is 8.34. The van der Waals surface area contributed by atoms with E-state index in [1.165, 1.54) is 7.11 Å². The van der Waals surface area contributed by atoms with Gasteiger partial charge in [0.1, 0.15) is 0 Å². The number of pyridine rings is 1. The highest BCUT2D eigenvalue weighted by molar-refractivity contribution is 5.86. The predicted molar refractivity (Wildman–Crippen MR) is 70.9 cm³/mol. The van der Waals surface area contributed by atoms with Gasteiger partial charge < -0.3 is 9.84 Å². The van der Waals surface area contributed by atoms with Crippen molar-refractivity contribution in [2.75, 3.05) is 7.11 Å². The van der Waals surface area contributed by atoms with E-state index in [0.717, 1.165) is 5.56 Å². The first kappa shape index (κ1) is 12.1. The van der Waals surface area contributed by atoms with Gasteiger partial charge in [-0.05, 0) is 36.8 Å². The van der Waals surface area contributed by atoms with E-state index in [2.05, 4.69) is 9.98 Å². The van der Waals surface area contributed by atoms with Crippen molar-refractivity contribution in [1.82, 2.24) is 4.98 Å². The highest BCUT2D eigenvalue weighted by Crippen LogP contribution is 2.28. The third-order valence-electron chi connectivity index (χ3n) is 2.49. The van der Waals surface area contributed by atoms with Crippen molar-refractivity contribution in [3.05, 3.63) is 47.7 Å². The largest absolute Gasteiger partial charge is 0.504 e. The van der Waals surface area contributed by atoms with Crippen molar-refractivity contribution >= 4 is 12.0 Å². The van der Waals surface area contributed by atoms with Crippen LogP contribution < -0.4 is 4.74 Å². The lowest BCUT2D eigenvalue weighted by molar-refractivity contribution is 0.373. The first-order chi connectivity index (χ1) is 8.70. The molecule has 0 aliphatic heterocycles. The Balaban J connectivity index is 2.29. The molecule has 1 aromatic carbocycles. The summed E-state index contributed by atoms with van der Waals surface area (Å²) in [5, 5.41) is 9.88. The van der Waals surface area contributed by atoms with Crippen LogP contribution in [0.25, 0.3) is 0 Å². The van der Waals surface area contributed by atoms with Crippen molar-refractivity contribution < 1.29 is 9.84 Å². The average Bonchev–Trinajstić information content (AvgIpc) is 2.38. The summed E-state index contributed by atoms with van der Waals surface area (Å²) in [6.45, 7) is 1.98. The van der Waals surface area contributed by atoms with E-state index in [1.54, 1.807) is 30.6 Å². The zero-order valence-corrected chi connectivity index (χ0v) is 10.3. The van der Waals surface area contributed by atoms with E-state index in [4.69, 9.17) is 4.74 Å². The van der Waals surface area contributed by atoms with Crippen molar-refractivity contribution in [1.29, 1.82) is 0 Å². The third-order valence-corrected chi connectivity index (χ3v) is 2.49. The molecule has 0 amide bonds. The molecular weight excluding hydrogens is 228 g/mol. The molecule has 92 valence electrons. The highest BCUT2D eigenvalue weighted by atomic mass is 16.5. The fourth-order valence-electron chi connectivity index (χ4n) is 1.53. The predicted octanol–water partition coefficient (Wildman–Crippen LogP) is 2.85. The molecule has 1 aromatic heterocycles. The maximum Gasteiger partial charge on any atom is 0.166 e. The number of para-hydroxylation sites is 1. The van der Waals surface area contributed by atoms with Crippen LogP contribution in [-0.2, 0) is 0 Å². The van der Waals surface area contributed by atoms with Gasteiger partial charge in [0.05, 0.1) is 7.11 Å². The molecule has 2 aromatic rings. The molecule has 0 unspecified atom stereocenters. The van der Waals surface area contributed by atoms with E-state index in [0.29, 0.717) is 17.1 Å². The Kier molecular flexibility index (Phi) is 3.57. The van der Waals surface area contributed by atoms with Gasteiger partial charge in [-0.2, -0.15) is 0 Å². The van der Waals surface area contributed by atoms with Crippen LogP contribution >= 0.6 is 0 Å². The molecule has 0 saturated carbocycles. The quantitative estimate of drug-likeness (QED) is 0.842. The number of benzene rings is 1. The first-order valence-corrected chi connectivity index (χ1v) is 5.53. The molecule has 0 spiro atoms. The molecule has 0 aliphatic carbocycles. The van der Waals surface area contributed by atoms with Crippen LogP contribution in [0, 0.1) is 6.92 Å². The number of nitrogens with zero attached hydrogens (tertiary/aromatic N) is 2. The smallest absolute Gasteiger partial charge is 0.166 e. The topological polar surface area (TPSA) is 54.7 Å². The summed E-state index contributed by atoms with van der Waals surface area (Å²) < 4.78 is 5.03. The van der Waals surface area contributed by atoms with Gasteiger partial charge >= 0.3 is 0 Å². The number of hydrogen-bond donors (Lipinski definition) is 1. The Morgan fingerprint density at radius 1 is 1.33 bits per heavy atom. The second-order valence-corrected chi connectivity index (χ2v) is 3.85. The van der Waals surface area contributed by atoms with Gasteiger partial charge in [0, 0.05) is 18.0 Å². The second kappa shape index (κ2) is 5.31. The summed E-state index contributed by atoms with van der Waals surface area (Å²) in [5.41, 5.74) is 1.68. The minimum atomic E-state index is 0.0800. The molecular formula is C14H14N2O2. The summed E-state index contributed by atoms with van der Waals surface area (Å²) in [5.74, 6) is 1.12. The van der Waals surface area contributed by atoms with Crippen LogP contribution in [0.4, 0.5) is 5.82 Å². The standard InChI is InChI=1S/C14H14N2O2/c1-10-6-7-15-13(8-10)16-9-11-4-3-5-12(18-2)14(11)17/h3-9,17H,1-2H3. The first-order valence-electron chi connectivity index (χ1n) is 5.53. The zero-order chi connectivity index (χ0) is 13.0. The fraction of sp³-hybridized carbons (Fsp3) is 0.143. The van der Waals surface area contributed by atoms with Crippen molar-refractivity contribution in [3.8, 4) is 11.5 Å². The molecule has 1 N–H and O–H groups in total. The lowest BCUT2D eigenvalue weighted by Crippen LogP contribution is -1.88. The molecule has 0 atom stereocenters. The molecule has 4 heteroatoms. The summed E-state index contributed by atoms with van der Waals surface area (Å²) >= 11 is 0. The number of rotatable bonds is 3. The molecule has 0 bridgehead atoms. The van der Waals surface area contributed by atoms with Crippen molar-refractivity contribution in [2.24, 2.45) is 4.99 Å². The molecule has 18 heavy (non-hydrogen) atoms. The number of methoxy groups -OCH3 is 1. The Hall–Kier alpha value is -2.36. The number of aromatic nitrogens is 1. The van der Waals surface area contributed by atoms with Gasteiger partial charge in [-0.3, -0.25) is 0 Å². The third kappa shape index (κ3) is 2.66. The van der Waals surface area contributed by atoms with Gasteiger partial charge in [0.2, 0.25) is 0 Å². The van der Waals surface area contributed by atoms with Crippen LogP contribution in [0.1, 0.15) is 11.1 Å². The van der Waals surface area contributed by atoms with Crippen LogP contribution in [0.3, 0.4) is 0 Å². The average molecular weight is 242 g/mol. The van der Waals surface area contributed by atoms with Crippen molar-refractivity contribution in [2.45, 2.75) is 6.92 Å². The number of phenolic OH excluding ortho intramolecular Hbond substituents is 1. The van der Waals surface area contributed by atoms with Crippen LogP contribution in [0.2, 0.25) is 0 Å². The lowest BCUT2D eigenvalue weighted by atomic mass is 10.2. The molecule has 2 rings (SSSR count). The molecule has 0 aliphatic rings. The maximum atomic E-state index is 9.88. The molecule has 0 saturated heterocycles. The Morgan fingerprint density at radius 2 is 2.17 bits per heavy atom. The Bertz CT molecular complexity index is 580. The van der Waals surface area contributed by atoms with Gasteiger partial charge in [-0.1, -0.05) is 6.07 Å². The SMILES string of the molecule is COc1cccc(C=Nc2cc(C)ccn2)c1O. The van der Waals surface area contributed by atoms with E-state index in [-0.39, 0.29) is 5.75 Å². The summed E-state index contributed by atoms with van der Waals surface area (Å²) in [6, 6.07) is 9.02. The van der Waals surface area contributed by atoms with Crippen molar-refractivity contribution in [3.63, 3.8) is 0 Å². The lowest BCUT2D eigenvalue weighted by Gasteiger charge is -2.04. The van der Waals surface area contributed by atoms with Gasteiger partial charge in [-0.25, -0.2) is 9.98 Å². The van der Waals surface area contributed by atoms with Gasteiger partial charge in [0.25, 0.3) is 0 Å². The van der Waals surface area contributed by atoms with Gasteiger partial charge in [-0.15, -0.1) is 0 Å². The summed E-state index contributed by atoms with van der Waals surface area (Å²) in [7, 11) is 1.51. The second-order valence-electron chi connectivity index (χ2n) is 3.85. The molecule has 4 nitrogen and oxygen atoms in total. The van der Waals surface area contributed by atoms with E-state index < -0.39 is 0 Å². The minimum absolute atomic E-state index is 0.0800. The molecule has 1 heterocycles. The molecule has 0 radical (unpaired) electrons. The number of aliphatic imine (C=N–C) groups is 1. The summed E-state index contributed by atoms with van der Waals surface area (Å²) in [6.07, 6.45) is 3.27. The highest BCUT2D eigenvalue weighted by Gasteiger charge is 2.04. The number of hydrogen-bond acceptors (Lipinski definition) is 4.